The minimum Gasteiger partial charge on any atom is -0.479 e. The van der Waals surface area contributed by atoms with Gasteiger partial charge in [-0.3, -0.25) is 0 Å². The Morgan fingerprint density at radius 1 is 1.60 bits per heavy atom. The maximum atomic E-state index is 4.99. The van der Waals surface area contributed by atoms with Crippen LogP contribution in [0.15, 0.2) is 5.16 Å². The average molecular weight is 163 g/mol. The molecule has 10 heavy (non-hydrogen) atoms. The van der Waals surface area contributed by atoms with Crippen LogP contribution in [-0.4, -0.2) is 24.9 Å². The number of thiol groups is 1. The Kier molecular flexibility index (Phi) is 6.48. The van der Waals surface area contributed by atoms with E-state index < -0.39 is 0 Å². The molecule has 0 N–H and O–H groups in total. The molecule has 0 unspecified atom stereocenters. The SMILES string of the molecule is CCOC(C)=NOCCS. The van der Waals surface area contributed by atoms with E-state index in [1.807, 2.05) is 6.92 Å². The summed E-state index contributed by atoms with van der Waals surface area (Å²) >= 11 is 3.94. The van der Waals surface area contributed by atoms with Crippen molar-refractivity contribution in [2.75, 3.05) is 19.0 Å². The molecule has 0 bridgehead atoms. The van der Waals surface area contributed by atoms with Crippen molar-refractivity contribution in [1.82, 2.24) is 0 Å². The van der Waals surface area contributed by atoms with Gasteiger partial charge in [0.25, 0.3) is 0 Å². The average Bonchev–Trinajstić information content (AvgIpc) is 1.89. The predicted octanol–water partition coefficient (Wildman–Crippen LogP) is 1.30. The van der Waals surface area contributed by atoms with Crippen LogP contribution >= 0.6 is 12.6 Å². The summed E-state index contributed by atoms with van der Waals surface area (Å²) in [7, 11) is 0. The Labute approximate surface area is 66.8 Å². The Hall–Kier alpha value is -0.380. The fourth-order valence-electron chi connectivity index (χ4n) is 0.413. The topological polar surface area (TPSA) is 30.8 Å². The van der Waals surface area contributed by atoms with E-state index in [-0.39, 0.29) is 0 Å². The molecule has 0 aliphatic heterocycles. The van der Waals surface area contributed by atoms with Crippen LogP contribution in [0.3, 0.4) is 0 Å². The third kappa shape index (κ3) is 5.75. The van der Waals surface area contributed by atoms with Gasteiger partial charge in [0.2, 0.25) is 5.90 Å². The molecule has 60 valence electrons. The lowest BCUT2D eigenvalue weighted by Gasteiger charge is -2.00. The second kappa shape index (κ2) is 6.74. The van der Waals surface area contributed by atoms with E-state index >= 15 is 0 Å². The molecule has 0 aliphatic rings. The van der Waals surface area contributed by atoms with E-state index in [9.17, 15) is 0 Å². The second-order valence-electron chi connectivity index (χ2n) is 1.60. The maximum Gasteiger partial charge on any atom is 0.222 e. The Morgan fingerprint density at radius 2 is 2.30 bits per heavy atom. The normalized spacial score (nSPS) is 11.3. The summed E-state index contributed by atoms with van der Waals surface area (Å²) in [5, 5.41) is 3.65. The van der Waals surface area contributed by atoms with Crippen molar-refractivity contribution in [2.24, 2.45) is 5.16 Å². The fourth-order valence-corrected chi connectivity index (χ4v) is 0.494. The minimum atomic E-state index is 0.521. The molecule has 0 amide bonds. The molecule has 0 saturated carbocycles. The molecular formula is C6H13NO2S. The van der Waals surface area contributed by atoms with Crippen molar-refractivity contribution in [1.29, 1.82) is 0 Å². The standard InChI is InChI=1S/C6H13NO2S/c1-3-8-6(2)7-9-4-5-10/h10H,3-5H2,1-2H3. The highest BCUT2D eigenvalue weighted by molar-refractivity contribution is 7.80. The zero-order chi connectivity index (χ0) is 7.82. The van der Waals surface area contributed by atoms with Crippen LogP contribution in [0.25, 0.3) is 0 Å². The van der Waals surface area contributed by atoms with Gasteiger partial charge in [-0.25, -0.2) is 0 Å². The lowest BCUT2D eigenvalue weighted by Crippen LogP contribution is -2.00. The van der Waals surface area contributed by atoms with Crippen LogP contribution in [0.4, 0.5) is 0 Å². The molecular weight excluding hydrogens is 150 g/mol. The molecule has 0 aliphatic carbocycles. The quantitative estimate of drug-likeness (QED) is 0.223. The summed E-state index contributed by atoms with van der Waals surface area (Å²) in [6.07, 6.45) is 0. The van der Waals surface area contributed by atoms with Crippen molar-refractivity contribution in [3.8, 4) is 0 Å². The van der Waals surface area contributed by atoms with E-state index in [2.05, 4.69) is 17.8 Å². The van der Waals surface area contributed by atoms with Crippen LogP contribution in [0.5, 0.6) is 0 Å². The van der Waals surface area contributed by atoms with Gasteiger partial charge in [0.1, 0.15) is 6.61 Å². The molecule has 0 aromatic rings. The molecule has 3 nitrogen and oxygen atoms in total. The van der Waals surface area contributed by atoms with Crippen LogP contribution in [-0.2, 0) is 9.57 Å². The minimum absolute atomic E-state index is 0.521. The largest absolute Gasteiger partial charge is 0.479 e. The van der Waals surface area contributed by atoms with Gasteiger partial charge in [-0.05, 0) is 6.92 Å². The van der Waals surface area contributed by atoms with Crippen molar-refractivity contribution < 1.29 is 9.57 Å². The zero-order valence-corrected chi connectivity index (χ0v) is 7.23. The van der Waals surface area contributed by atoms with Gasteiger partial charge < -0.3 is 9.57 Å². The summed E-state index contributed by atoms with van der Waals surface area (Å²) in [6.45, 7) is 4.80. The highest BCUT2D eigenvalue weighted by atomic mass is 32.1. The highest BCUT2D eigenvalue weighted by Crippen LogP contribution is 1.84. The number of hydrogen-bond acceptors (Lipinski definition) is 4. The lowest BCUT2D eigenvalue weighted by molar-refractivity contribution is 0.148. The van der Waals surface area contributed by atoms with Gasteiger partial charge in [0, 0.05) is 12.7 Å². The van der Waals surface area contributed by atoms with Crippen LogP contribution in [0.2, 0.25) is 0 Å². The van der Waals surface area contributed by atoms with Crippen molar-refractivity contribution in [3.63, 3.8) is 0 Å². The first-order valence-corrected chi connectivity index (χ1v) is 3.84. The number of ether oxygens (including phenoxy) is 1. The monoisotopic (exact) mass is 163 g/mol. The predicted molar refractivity (Wildman–Crippen MR) is 44.5 cm³/mol. The highest BCUT2D eigenvalue weighted by Gasteiger charge is 1.87. The van der Waals surface area contributed by atoms with Gasteiger partial charge in [-0.15, -0.1) is 0 Å². The number of rotatable bonds is 4. The summed E-state index contributed by atoms with van der Waals surface area (Å²) < 4.78 is 4.99. The fraction of sp³-hybridized carbons (Fsp3) is 0.833. The first-order valence-electron chi connectivity index (χ1n) is 3.21. The van der Waals surface area contributed by atoms with E-state index in [4.69, 9.17) is 9.57 Å². The van der Waals surface area contributed by atoms with Gasteiger partial charge in [0.15, 0.2) is 0 Å². The summed E-state index contributed by atoms with van der Waals surface area (Å²) in [5.41, 5.74) is 0. The summed E-state index contributed by atoms with van der Waals surface area (Å²) in [5.74, 6) is 1.23. The summed E-state index contributed by atoms with van der Waals surface area (Å²) in [6, 6.07) is 0. The zero-order valence-electron chi connectivity index (χ0n) is 6.33. The Balaban J connectivity index is 3.28. The molecule has 0 aromatic carbocycles. The smallest absolute Gasteiger partial charge is 0.222 e. The molecule has 0 fully saturated rings. The Bertz CT molecular complexity index is 106. The number of oxime groups is 1. The third-order valence-electron chi connectivity index (χ3n) is 0.729. The van der Waals surface area contributed by atoms with Crippen LogP contribution in [0, 0.1) is 0 Å². The molecule has 0 radical (unpaired) electrons. The molecule has 0 spiro atoms. The number of nitrogens with zero attached hydrogens (tertiary/aromatic N) is 1. The third-order valence-corrected chi connectivity index (χ3v) is 0.911. The van der Waals surface area contributed by atoms with Crippen molar-refractivity contribution in [2.45, 2.75) is 13.8 Å². The van der Waals surface area contributed by atoms with E-state index in [1.54, 1.807) is 6.92 Å². The van der Waals surface area contributed by atoms with Crippen LogP contribution in [0.1, 0.15) is 13.8 Å². The van der Waals surface area contributed by atoms with Crippen molar-refractivity contribution >= 4 is 18.5 Å². The maximum absolute atomic E-state index is 4.99. The second-order valence-corrected chi connectivity index (χ2v) is 2.05. The van der Waals surface area contributed by atoms with Gasteiger partial charge in [0.05, 0.1) is 6.61 Å². The first-order chi connectivity index (χ1) is 4.81. The molecule has 0 heterocycles. The van der Waals surface area contributed by atoms with Crippen LogP contribution < -0.4 is 0 Å². The molecule has 0 rings (SSSR count). The van der Waals surface area contributed by atoms with E-state index in [1.165, 1.54) is 0 Å². The van der Waals surface area contributed by atoms with Gasteiger partial charge >= 0.3 is 0 Å². The summed E-state index contributed by atoms with van der Waals surface area (Å²) in [4.78, 5) is 4.78. The van der Waals surface area contributed by atoms with Gasteiger partial charge in [-0.2, -0.15) is 12.6 Å². The first kappa shape index (κ1) is 9.62. The Morgan fingerprint density at radius 3 is 2.80 bits per heavy atom. The lowest BCUT2D eigenvalue weighted by atomic mass is 10.7. The van der Waals surface area contributed by atoms with E-state index in [0.717, 1.165) is 0 Å². The molecule has 4 heteroatoms. The van der Waals surface area contributed by atoms with Gasteiger partial charge in [-0.1, -0.05) is 5.16 Å². The van der Waals surface area contributed by atoms with E-state index in [0.29, 0.717) is 24.9 Å². The number of hydrogen-bond donors (Lipinski definition) is 1. The molecule has 0 aromatic heterocycles. The molecule has 0 atom stereocenters. The van der Waals surface area contributed by atoms with Crippen molar-refractivity contribution in [3.05, 3.63) is 0 Å². The molecule has 0 saturated heterocycles.